The maximum Gasteiger partial charge on any atom is 0.230 e. The van der Waals surface area contributed by atoms with Crippen LogP contribution in [0.5, 0.6) is 0 Å². The summed E-state index contributed by atoms with van der Waals surface area (Å²) in [6, 6.07) is 10.3. The van der Waals surface area contributed by atoms with Crippen molar-refractivity contribution in [2.75, 3.05) is 12.4 Å². The molecule has 1 amide bonds. The molecule has 1 saturated heterocycles. The molecule has 0 radical (unpaired) electrons. The van der Waals surface area contributed by atoms with E-state index in [0.29, 0.717) is 5.75 Å². The average Bonchev–Trinajstić information content (AvgIpc) is 3.24. The van der Waals surface area contributed by atoms with Gasteiger partial charge in [0.1, 0.15) is 5.82 Å². The zero-order valence-corrected chi connectivity index (χ0v) is 17.1. The van der Waals surface area contributed by atoms with Crippen LogP contribution in [0, 0.1) is 0 Å². The summed E-state index contributed by atoms with van der Waals surface area (Å²) in [6.45, 7) is 7.49. The highest BCUT2D eigenvalue weighted by Crippen LogP contribution is 2.22. The lowest BCUT2D eigenvalue weighted by Gasteiger charge is -2.20. The molecule has 0 saturated carbocycles. The fraction of sp³-hybridized carbons (Fsp3) is 0.550. The second kappa shape index (κ2) is 8.89. The number of carbonyl (C=O) groups is 1. The minimum atomic E-state index is -0.235. The van der Waals surface area contributed by atoms with Gasteiger partial charge in [-0.3, -0.25) is 4.79 Å². The number of rotatable bonds is 7. The standard InChI is InChI=1S/C20H28N4O2S/c1-20(2,3)21-18(25)14-27-19-23-22-17(12-15-8-5-4-6-9-15)24(19)13-16-10-7-11-26-16/h4-6,8-9,16H,7,10-14H2,1-3H3,(H,21,25)/t16-/m0/s1. The molecule has 27 heavy (non-hydrogen) atoms. The van der Waals surface area contributed by atoms with Crippen molar-refractivity contribution >= 4 is 17.7 Å². The lowest BCUT2D eigenvalue weighted by molar-refractivity contribution is -0.119. The number of nitrogens with zero attached hydrogens (tertiary/aromatic N) is 3. The van der Waals surface area contributed by atoms with Gasteiger partial charge in [-0.2, -0.15) is 0 Å². The Bertz CT molecular complexity index is 749. The van der Waals surface area contributed by atoms with Gasteiger partial charge in [0, 0.05) is 18.6 Å². The lowest BCUT2D eigenvalue weighted by Crippen LogP contribution is -2.41. The van der Waals surface area contributed by atoms with Crippen molar-refractivity contribution in [3.8, 4) is 0 Å². The smallest absolute Gasteiger partial charge is 0.230 e. The van der Waals surface area contributed by atoms with E-state index in [0.717, 1.165) is 43.4 Å². The van der Waals surface area contributed by atoms with Crippen molar-refractivity contribution in [3.63, 3.8) is 0 Å². The Morgan fingerprint density at radius 3 is 2.74 bits per heavy atom. The molecule has 1 aromatic carbocycles. The van der Waals surface area contributed by atoms with E-state index in [1.54, 1.807) is 0 Å². The fourth-order valence-electron chi connectivity index (χ4n) is 3.09. The highest BCUT2D eigenvalue weighted by molar-refractivity contribution is 7.99. The largest absolute Gasteiger partial charge is 0.376 e. The van der Waals surface area contributed by atoms with Crippen LogP contribution < -0.4 is 5.32 Å². The summed E-state index contributed by atoms with van der Waals surface area (Å²) in [5.74, 6) is 1.24. The highest BCUT2D eigenvalue weighted by atomic mass is 32.2. The van der Waals surface area contributed by atoms with Gasteiger partial charge in [0.15, 0.2) is 5.16 Å². The maximum absolute atomic E-state index is 12.2. The first kappa shape index (κ1) is 19.9. The van der Waals surface area contributed by atoms with Crippen molar-refractivity contribution in [2.45, 2.75) is 63.4 Å². The van der Waals surface area contributed by atoms with Crippen LogP contribution in [-0.4, -0.2) is 44.7 Å². The van der Waals surface area contributed by atoms with E-state index in [1.165, 1.54) is 17.3 Å². The SMILES string of the molecule is CC(C)(C)NC(=O)CSc1nnc(Cc2ccccc2)n1C[C@@H]1CCCO1. The Morgan fingerprint density at radius 1 is 1.30 bits per heavy atom. The molecule has 3 rings (SSSR count). The second-order valence-electron chi connectivity index (χ2n) is 7.89. The summed E-state index contributed by atoms with van der Waals surface area (Å²) in [4.78, 5) is 12.2. The van der Waals surface area contributed by atoms with Crippen LogP contribution in [0.2, 0.25) is 0 Å². The number of ether oxygens (including phenoxy) is 1. The van der Waals surface area contributed by atoms with Gasteiger partial charge in [-0.25, -0.2) is 0 Å². The Kier molecular flexibility index (Phi) is 6.55. The fourth-order valence-corrected chi connectivity index (χ4v) is 3.86. The summed E-state index contributed by atoms with van der Waals surface area (Å²) >= 11 is 1.43. The lowest BCUT2D eigenvalue weighted by atomic mass is 10.1. The predicted molar refractivity (Wildman–Crippen MR) is 107 cm³/mol. The van der Waals surface area contributed by atoms with Gasteiger partial charge in [0.25, 0.3) is 0 Å². The van der Waals surface area contributed by atoms with Gasteiger partial charge < -0.3 is 14.6 Å². The molecule has 1 fully saturated rings. The monoisotopic (exact) mass is 388 g/mol. The number of hydrogen-bond donors (Lipinski definition) is 1. The molecular formula is C20H28N4O2S. The maximum atomic E-state index is 12.2. The third kappa shape index (κ3) is 6.07. The van der Waals surface area contributed by atoms with Crippen molar-refractivity contribution in [2.24, 2.45) is 0 Å². The molecule has 6 nitrogen and oxygen atoms in total. The van der Waals surface area contributed by atoms with E-state index in [-0.39, 0.29) is 17.6 Å². The number of nitrogens with one attached hydrogen (secondary N) is 1. The molecule has 7 heteroatoms. The number of hydrogen-bond acceptors (Lipinski definition) is 5. The van der Waals surface area contributed by atoms with Crippen LogP contribution in [-0.2, 0) is 22.5 Å². The number of carbonyl (C=O) groups excluding carboxylic acids is 1. The summed E-state index contributed by atoms with van der Waals surface area (Å²) in [7, 11) is 0. The molecule has 1 aromatic heterocycles. The summed E-state index contributed by atoms with van der Waals surface area (Å²) in [5, 5.41) is 12.5. The normalized spacial score (nSPS) is 17.2. The van der Waals surface area contributed by atoms with Gasteiger partial charge in [-0.15, -0.1) is 10.2 Å². The molecule has 2 heterocycles. The minimum Gasteiger partial charge on any atom is -0.376 e. The zero-order chi connectivity index (χ0) is 19.3. The molecule has 0 unspecified atom stereocenters. The Balaban J connectivity index is 1.72. The van der Waals surface area contributed by atoms with Gasteiger partial charge in [-0.05, 0) is 39.2 Å². The average molecular weight is 389 g/mol. The van der Waals surface area contributed by atoms with Gasteiger partial charge in [0.2, 0.25) is 5.91 Å². The van der Waals surface area contributed by atoms with Gasteiger partial charge in [0.05, 0.1) is 18.4 Å². The summed E-state index contributed by atoms with van der Waals surface area (Å²) in [6.07, 6.45) is 3.06. The second-order valence-corrected chi connectivity index (χ2v) is 8.84. The van der Waals surface area contributed by atoms with E-state index in [9.17, 15) is 4.79 Å². The topological polar surface area (TPSA) is 69.0 Å². The van der Waals surface area contributed by atoms with Crippen molar-refractivity contribution in [1.82, 2.24) is 20.1 Å². The number of amides is 1. The summed E-state index contributed by atoms with van der Waals surface area (Å²) < 4.78 is 7.94. The molecule has 0 bridgehead atoms. The number of aromatic nitrogens is 3. The van der Waals surface area contributed by atoms with Crippen molar-refractivity contribution in [1.29, 1.82) is 0 Å². The van der Waals surface area contributed by atoms with E-state index in [4.69, 9.17) is 4.74 Å². The first-order valence-electron chi connectivity index (χ1n) is 9.42. The molecule has 0 aliphatic carbocycles. The van der Waals surface area contributed by atoms with Crippen LogP contribution in [0.15, 0.2) is 35.5 Å². The number of benzene rings is 1. The predicted octanol–water partition coefficient (Wildman–Crippen LogP) is 3.05. The highest BCUT2D eigenvalue weighted by Gasteiger charge is 2.22. The number of thioether (sulfide) groups is 1. The molecule has 1 aliphatic rings. The Morgan fingerprint density at radius 2 is 2.07 bits per heavy atom. The molecular weight excluding hydrogens is 360 g/mol. The van der Waals surface area contributed by atoms with E-state index < -0.39 is 0 Å². The molecule has 1 aliphatic heterocycles. The van der Waals surface area contributed by atoms with Crippen LogP contribution in [0.25, 0.3) is 0 Å². The third-order valence-electron chi connectivity index (χ3n) is 4.26. The van der Waals surface area contributed by atoms with Crippen LogP contribution in [0.4, 0.5) is 0 Å². The first-order valence-corrected chi connectivity index (χ1v) is 10.4. The molecule has 1 atom stereocenters. The first-order chi connectivity index (χ1) is 12.9. The third-order valence-corrected chi connectivity index (χ3v) is 5.22. The quantitative estimate of drug-likeness (QED) is 0.739. The van der Waals surface area contributed by atoms with Gasteiger partial charge in [-0.1, -0.05) is 42.1 Å². The molecule has 146 valence electrons. The molecule has 0 spiro atoms. The van der Waals surface area contributed by atoms with Crippen molar-refractivity contribution < 1.29 is 9.53 Å². The van der Waals surface area contributed by atoms with Crippen LogP contribution in [0.1, 0.15) is 45.0 Å². The van der Waals surface area contributed by atoms with Crippen molar-refractivity contribution in [3.05, 3.63) is 41.7 Å². The summed E-state index contributed by atoms with van der Waals surface area (Å²) in [5.41, 5.74) is 0.960. The van der Waals surface area contributed by atoms with E-state index >= 15 is 0 Å². The molecule has 1 N–H and O–H groups in total. The zero-order valence-electron chi connectivity index (χ0n) is 16.3. The van der Waals surface area contributed by atoms with E-state index in [1.807, 2.05) is 39.0 Å². The Hall–Kier alpha value is -1.86. The molecule has 2 aromatic rings. The van der Waals surface area contributed by atoms with E-state index in [2.05, 4.69) is 32.2 Å². The van der Waals surface area contributed by atoms with Gasteiger partial charge >= 0.3 is 0 Å². The van der Waals surface area contributed by atoms with Crippen LogP contribution >= 0.6 is 11.8 Å². The van der Waals surface area contributed by atoms with Crippen LogP contribution in [0.3, 0.4) is 0 Å². The Labute approximate surface area is 165 Å². The minimum absolute atomic E-state index is 0.00350.